The summed E-state index contributed by atoms with van der Waals surface area (Å²) in [5, 5.41) is 10.0. The molecule has 1 unspecified atom stereocenters. The molecule has 0 heterocycles. The van der Waals surface area contributed by atoms with Crippen molar-refractivity contribution in [1.29, 1.82) is 5.41 Å². The van der Waals surface area contributed by atoms with Crippen molar-refractivity contribution in [3.63, 3.8) is 0 Å². The molecule has 0 spiro atoms. The number of methoxy groups -OCH3 is 1. The van der Waals surface area contributed by atoms with E-state index in [0.717, 1.165) is 18.4 Å². The van der Waals surface area contributed by atoms with Crippen LogP contribution in [-0.2, 0) is 4.74 Å². The Morgan fingerprint density at radius 2 is 2.33 bits per heavy atom. The highest BCUT2D eigenvalue weighted by Gasteiger charge is 2.00. The molecule has 0 saturated carbocycles. The second-order valence-electron chi connectivity index (χ2n) is 2.71. The molecule has 3 nitrogen and oxygen atoms in total. The van der Waals surface area contributed by atoms with Gasteiger partial charge in [-0.15, -0.1) is 0 Å². The molecule has 70 valence electrons. The predicted molar refractivity (Wildman–Crippen MR) is 51.4 cm³/mol. The van der Waals surface area contributed by atoms with Gasteiger partial charge in [-0.3, -0.25) is 0 Å². The van der Waals surface area contributed by atoms with E-state index in [4.69, 9.17) is 10.1 Å². The van der Waals surface area contributed by atoms with Crippen LogP contribution in [0.15, 0.2) is 11.8 Å². The second-order valence-corrected chi connectivity index (χ2v) is 2.71. The summed E-state index contributed by atoms with van der Waals surface area (Å²) in [6.07, 6.45) is 5.26. The van der Waals surface area contributed by atoms with Crippen LogP contribution >= 0.6 is 0 Å². The Morgan fingerprint density at radius 3 is 2.75 bits per heavy atom. The number of rotatable bonds is 6. The molecular formula is C9H18N2O. The highest BCUT2D eigenvalue weighted by atomic mass is 16.5. The van der Waals surface area contributed by atoms with Crippen molar-refractivity contribution in [3.8, 4) is 0 Å². The maximum absolute atomic E-state index is 6.94. The Morgan fingerprint density at radius 1 is 1.67 bits per heavy atom. The van der Waals surface area contributed by atoms with Crippen molar-refractivity contribution in [3.05, 3.63) is 11.8 Å². The van der Waals surface area contributed by atoms with Crippen molar-refractivity contribution in [2.24, 2.45) is 0 Å². The molecule has 0 aromatic carbocycles. The molecule has 0 aromatic heterocycles. The third-order valence-corrected chi connectivity index (χ3v) is 1.56. The SMILES string of the molecule is CCCC(N/C=C(/C)C=N)OC. The number of nitrogens with one attached hydrogen (secondary N) is 2. The third kappa shape index (κ3) is 4.91. The lowest BCUT2D eigenvalue weighted by Gasteiger charge is -2.14. The van der Waals surface area contributed by atoms with E-state index in [-0.39, 0.29) is 6.23 Å². The summed E-state index contributed by atoms with van der Waals surface area (Å²) in [5.74, 6) is 0. The molecule has 0 radical (unpaired) electrons. The van der Waals surface area contributed by atoms with Crippen molar-refractivity contribution in [2.75, 3.05) is 7.11 Å². The minimum absolute atomic E-state index is 0.0740. The second kappa shape index (κ2) is 6.85. The van der Waals surface area contributed by atoms with E-state index in [9.17, 15) is 0 Å². The van der Waals surface area contributed by atoms with E-state index in [1.165, 1.54) is 6.21 Å². The Kier molecular flexibility index (Phi) is 6.38. The van der Waals surface area contributed by atoms with Crippen molar-refractivity contribution in [2.45, 2.75) is 32.9 Å². The fraction of sp³-hybridized carbons (Fsp3) is 0.667. The summed E-state index contributed by atoms with van der Waals surface area (Å²) in [4.78, 5) is 0. The summed E-state index contributed by atoms with van der Waals surface area (Å²) in [7, 11) is 1.68. The highest BCUT2D eigenvalue weighted by molar-refractivity contribution is 5.74. The van der Waals surface area contributed by atoms with Gasteiger partial charge in [0.2, 0.25) is 0 Å². The van der Waals surface area contributed by atoms with Gasteiger partial charge in [-0.1, -0.05) is 13.3 Å². The number of allylic oxidation sites excluding steroid dienone is 1. The summed E-state index contributed by atoms with van der Waals surface area (Å²) in [5.41, 5.74) is 0.896. The third-order valence-electron chi connectivity index (χ3n) is 1.56. The number of hydrogen-bond acceptors (Lipinski definition) is 3. The van der Waals surface area contributed by atoms with Crippen LogP contribution in [0.4, 0.5) is 0 Å². The van der Waals surface area contributed by atoms with Crippen LogP contribution in [-0.4, -0.2) is 19.6 Å². The summed E-state index contributed by atoms with van der Waals surface area (Å²) < 4.78 is 5.15. The fourth-order valence-corrected chi connectivity index (χ4v) is 0.797. The molecule has 0 bridgehead atoms. The summed E-state index contributed by atoms with van der Waals surface area (Å²) in [6, 6.07) is 0. The average molecular weight is 170 g/mol. The molecule has 0 saturated heterocycles. The standard InChI is InChI=1S/C9H18N2O/c1-4-5-9(12-3)11-7-8(2)6-10/h6-7,9-11H,4-5H2,1-3H3/b8-7-,10-6?. The zero-order valence-electron chi connectivity index (χ0n) is 8.05. The molecule has 0 fully saturated rings. The first-order valence-electron chi connectivity index (χ1n) is 4.20. The first kappa shape index (κ1) is 11.2. The molecule has 2 N–H and O–H groups in total. The lowest BCUT2D eigenvalue weighted by atomic mass is 10.3. The van der Waals surface area contributed by atoms with E-state index in [2.05, 4.69) is 12.2 Å². The van der Waals surface area contributed by atoms with Crippen LogP contribution in [0.1, 0.15) is 26.7 Å². The van der Waals surface area contributed by atoms with Gasteiger partial charge in [0.1, 0.15) is 6.23 Å². The van der Waals surface area contributed by atoms with Gasteiger partial charge >= 0.3 is 0 Å². The molecule has 0 aliphatic carbocycles. The molecule has 0 amide bonds. The van der Waals surface area contributed by atoms with E-state index >= 15 is 0 Å². The van der Waals surface area contributed by atoms with Gasteiger partial charge in [-0.25, -0.2) is 0 Å². The normalized spacial score (nSPS) is 14.1. The maximum Gasteiger partial charge on any atom is 0.126 e. The molecule has 0 aliphatic rings. The van der Waals surface area contributed by atoms with E-state index in [1.54, 1.807) is 13.3 Å². The van der Waals surface area contributed by atoms with Gasteiger partial charge in [0.15, 0.2) is 0 Å². The molecule has 0 aliphatic heterocycles. The summed E-state index contributed by atoms with van der Waals surface area (Å²) in [6.45, 7) is 3.99. The first-order chi connectivity index (χ1) is 5.74. The smallest absolute Gasteiger partial charge is 0.126 e. The first-order valence-corrected chi connectivity index (χ1v) is 4.20. The van der Waals surface area contributed by atoms with E-state index in [1.807, 2.05) is 6.92 Å². The minimum Gasteiger partial charge on any atom is -0.366 e. The topological polar surface area (TPSA) is 45.1 Å². The Hall–Kier alpha value is -0.830. The predicted octanol–water partition coefficient (Wildman–Crippen LogP) is 1.90. The minimum atomic E-state index is 0.0740. The number of hydrogen-bond donors (Lipinski definition) is 2. The van der Waals surface area contributed by atoms with Gasteiger partial charge in [-0.2, -0.15) is 0 Å². The molecule has 0 rings (SSSR count). The van der Waals surface area contributed by atoms with E-state index in [0.29, 0.717) is 0 Å². The monoisotopic (exact) mass is 170 g/mol. The van der Waals surface area contributed by atoms with Gasteiger partial charge in [0, 0.05) is 19.5 Å². The average Bonchev–Trinajstić information content (AvgIpc) is 2.11. The van der Waals surface area contributed by atoms with Crippen LogP contribution in [0, 0.1) is 5.41 Å². The molecule has 0 aromatic rings. The van der Waals surface area contributed by atoms with Crippen LogP contribution < -0.4 is 5.32 Å². The molecule has 3 heteroatoms. The zero-order chi connectivity index (χ0) is 9.40. The van der Waals surface area contributed by atoms with Crippen LogP contribution in [0.25, 0.3) is 0 Å². The van der Waals surface area contributed by atoms with Crippen molar-refractivity contribution >= 4 is 6.21 Å². The lowest BCUT2D eigenvalue weighted by molar-refractivity contribution is 0.0779. The van der Waals surface area contributed by atoms with Crippen LogP contribution in [0.3, 0.4) is 0 Å². The maximum atomic E-state index is 6.94. The highest BCUT2D eigenvalue weighted by Crippen LogP contribution is 1.97. The Bertz CT molecular complexity index is 155. The summed E-state index contributed by atoms with van der Waals surface area (Å²) >= 11 is 0. The van der Waals surface area contributed by atoms with Gasteiger partial charge in [-0.05, 0) is 18.9 Å². The largest absolute Gasteiger partial charge is 0.366 e. The number of ether oxygens (including phenoxy) is 1. The van der Waals surface area contributed by atoms with Gasteiger partial charge in [0.05, 0.1) is 0 Å². The zero-order valence-corrected chi connectivity index (χ0v) is 8.05. The lowest BCUT2D eigenvalue weighted by Crippen LogP contribution is -2.26. The quantitative estimate of drug-likeness (QED) is 0.472. The van der Waals surface area contributed by atoms with E-state index < -0.39 is 0 Å². The van der Waals surface area contributed by atoms with Crippen LogP contribution in [0.5, 0.6) is 0 Å². The van der Waals surface area contributed by atoms with Crippen LogP contribution in [0.2, 0.25) is 0 Å². The van der Waals surface area contributed by atoms with Gasteiger partial charge < -0.3 is 15.5 Å². The molecule has 12 heavy (non-hydrogen) atoms. The van der Waals surface area contributed by atoms with Crippen molar-refractivity contribution in [1.82, 2.24) is 5.32 Å². The van der Waals surface area contributed by atoms with Gasteiger partial charge in [0.25, 0.3) is 0 Å². The Balaban J connectivity index is 3.77. The van der Waals surface area contributed by atoms with Crippen molar-refractivity contribution < 1.29 is 4.74 Å². The fourth-order valence-electron chi connectivity index (χ4n) is 0.797. The Labute approximate surface area is 74.3 Å². The molecular weight excluding hydrogens is 152 g/mol. The molecule has 1 atom stereocenters.